The molecule has 1 rings (SSSR count). The number of rotatable bonds is 5. The smallest absolute Gasteiger partial charge is 0.127 e. The summed E-state index contributed by atoms with van der Waals surface area (Å²) in [5, 5.41) is 6.75. The van der Waals surface area contributed by atoms with E-state index in [1.165, 1.54) is 6.07 Å². The zero-order valence-corrected chi connectivity index (χ0v) is 10.7. The molecule has 2 nitrogen and oxygen atoms in total. The molecule has 16 heavy (non-hydrogen) atoms. The Bertz CT molecular complexity index is 353. The third kappa shape index (κ3) is 3.44. The summed E-state index contributed by atoms with van der Waals surface area (Å²) in [4.78, 5) is 0. The van der Waals surface area contributed by atoms with Gasteiger partial charge in [-0.3, -0.25) is 0 Å². The van der Waals surface area contributed by atoms with Gasteiger partial charge >= 0.3 is 0 Å². The standard InChI is InChI=1S/C12H18ClFN2/c1-12(2,7-16-8-15-3)10-6-9(13)4-5-11(10)14/h4-6,15-16H,7-8H2,1-3H3. The molecule has 0 spiro atoms. The molecular weight excluding hydrogens is 227 g/mol. The minimum absolute atomic E-state index is 0.208. The fourth-order valence-corrected chi connectivity index (χ4v) is 1.78. The van der Waals surface area contributed by atoms with Crippen LogP contribution in [0, 0.1) is 5.82 Å². The molecule has 2 N–H and O–H groups in total. The Kier molecular flexibility index (Phi) is 4.71. The Labute approximate surface area is 101 Å². The first kappa shape index (κ1) is 13.4. The van der Waals surface area contributed by atoms with E-state index in [1.54, 1.807) is 12.1 Å². The number of hydrogen-bond acceptors (Lipinski definition) is 2. The van der Waals surface area contributed by atoms with E-state index >= 15 is 0 Å². The van der Waals surface area contributed by atoms with Crippen LogP contribution >= 0.6 is 11.6 Å². The van der Waals surface area contributed by atoms with Crippen molar-refractivity contribution in [3.05, 3.63) is 34.6 Å². The van der Waals surface area contributed by atoms with Crippen molar-refractivity contribution < 1.29 is 4.39 Å². The number of hydrogen-bond donors (Lipinski definition) is 2. The Hall–Kier alpha value is -0.640. The Morgan fingerprint density at radius 2 is 2.06 bits per heavy atom. The van der Waals surface area contributed by atoms with E-state index in [-0.39, 0.29) is 11.2 Å². The first-order valence-corrected chi connectivity index (χ1v) is 5.66. The van der Waals surface area contributed by atoms with Crippen LogP contribution in [0.2, 0.25) is 5.02 Å². The highest BCUT2D eigenvalue weighted by Crippen LogP contribution is 2.27. The lowest BCUT2D eigenvalue weighted by atomic mass is 9.84. The lowest BCUT2D eigenvalue weighted by molar-refractivity contribution is 0.438. The molecule has 0 saturated heterocycles. The molecule has 0 aromatic heterocycles. The molecule has 0 atom stereocenters. The molecule has 1 aromatic rings. The second-order valence-electron chi connectivity index (χ2n) is 4.47. The van der Waals surface area contributed by atoms with Gasteiger partial charge in [0.15, 0.2) is 0 Å². The summed E-state index contributed by atoms with van der Waals surface area (Å²) in [5.41, 5.74) is 0.356. The fourth-order valence-electron chi connectivity index (χ4n) is 1.61. The summed E-state index contributed by atoms with van der Waals surface area (Å²) in [5.74, 6) is -0.208. The number of nitrogens with one attached hydrogen (secondary N) is 2. The highest BCUT2D eigenvalue weighted by Gasteiger charge is 2.23. The van der Waals surface area contributed by atoms with Crippen LogP contribution in [0.15, 0.2) is 18.2 Å². The van der Waals surface area contributed by atoms with Crippen LogP contribution in [-0.2, 0) is 5.41 Å². The van der Waals surface area contributed by atoms with Crippen molar-refractivity contribution >= 4 is 11.6 Å². The van der Waals surface area contributed by atoms with Crippen LogP contribution < -0.4 is 10.6 Å². The van der Waals surface area contributed by atoms with E-state index in [1.807, 2.05) is 20.9 Å². The summed E-state index contributed by atoms with van der Waals surface area (Å²) in [6.07, 6.45) is 0. The summed E-state index contributed by atoms with van der Waals surface area (Å²) >= 11 is 5.88. The molecule has 0 radical (unpaired) electrons. The molecule has 0 aliphatic carbocycles. The molecular formula is C12H18ClFN2. The van der Waals surface area contributed by atoms with Gasteiger partial charge < -0.3 is 10.6 Å². The van der Waals surface area contributed by atoms with Crippen LogP contribution in [-0.4, -0.2) is 20.3 Å². The second kappa shape index (κ2) is 5.62. The van der Waals surface area contributed by atoms with Crippen molar-refractivity contribution in [3.8, 4) is 0 Å². The molecule has 0 unspecified atom stereocenters. The van der Waals surface area contributed by atoms with Crippen molar-refractivity contribution in [3.63, 3.8) is 0 Å². The average molecular weight is 245 g/mol. The first-order valence-electron chi connectivity index (χ1n) is 5.28. The Balaban J connectivity index is 2.83. The van der Waals surface area contributed by atoms with Crippen LogP contribution in [0.5, 0.6) is 0 Å². The molecule has 0 heterocycles. The molecule has 90 valence electrons. The van der Waals surface area contributed by atoms with Gasteiger partial charge in [-0.05, 0) is 30.8 Å². The predicted molar refractivity (Wildman–Crippen MR) is 66.4 cm³/mol. The van der Waals surface area contributed by atoms with E-state index < -0.39 is 0 Å². The quantitative estimate of drug-likeness (QED) is 0.615. The molecule has 0 saturated carbocycles. The van der Waals surface area contributed by atoms with Crippen molar-refractivity contribution in [1.29, 1.82) is 0 Å². The minimum Gasteiger partial charge on any atom is -0.308 e. The van der Waals surface area contributed by atoms with Crippen LogP contribution in [0.1, 0.15) is 19.4 Å². The van der Waals surface area contributed by atoms with Crippen LogP contribution in [0.25, 0.3) is 0 Å². The summed E-state index contributed by atoms with van der Waals surface area (Å²) in [6, 6.07) is 4.67. The van der Waals surface area contributed by atoms with Crippen LogP contribution in [0.3, 0.4) is 0 Å². The maximum absolute atomic E-state index is 13.7. The zero-order valence-electron chi connectivity index (χ0n) is 9.90. The van der Waals surface area contributed by atoms with Crippen molar-refractivity contribution in [2.45, 2.75) is 19.3 Å². The number of halogens is 2. The summed E-state index contributed by atoms with van der Waals surface area (Å²) < 4.78 is 13.7. The Morgan fingerprint density at radius 3 is 2.69 bits per heavy atom. The Morgan fingerprint density at radius 1 is 1.38 bits per heavy atom. The van der Waals surface area contributed by atoms with E-state index in [0.717, 1.165) is 0 Å². The van der Waals surface area contributed by atoms with E-state index in [0.29, 0.717) is 23.8 Å². The lowest BCUT2D eigenvalue weighted by Gasteiger charge is -2.26. The molecule has 0 aliphatic rings. The van der Waals surface area contributed by atoms with Crippen molar-refractivity contribution in [2.75, 3.05) is 20.3 Å². The monoisotopic (exact) mass is 244 g/mol. The van der Waals surface area contributed by atoms with Gasteiger partial charge in [0.1, 0.15) is 5.82 Å². The topological polar surface area (TPSA) is 24.1 Å². The molecule has 0 aliphatic heterocycles. The van der Waals surface area contributed by atoms with Gasteiger partial charge in [-0.25, -0.2) is 4.39 Å². The van der Waals surface area contributed by atoms with Gasteiger partial charge in [-0.2, -0.15) is 0 Å². The fraction of sp³-hybridized carbons (Fsp3) is 0.500. The highest BCUT2D eigenvalue weighted by atomic mass is 35.5. The predicted octanol–water partition coefficient (Wildman–Crippen LogP) is 2.52. The van der Waals surface area contributed by atoms with Gasteiger partial charge in [0.05, 0.1) is 0 Å². The SMILES string of the molecule is CNCNCC(C)(C)c1cc(Cl)ccc1F. The van der Waals surface area contributed by atoms with Gasteiger partial charge in [0.25, 0.3) is 0 Å². The van der Waals surface area contributed by atoms with Gasteiger partial charge in [-0.1, -0.05) is 25.4 Å². The van der Waals surface area contributed by atoms with E-state index in [2.05, 4.69) is 10.6 Å². The van der Waals surface area contributed by atoms with Crippen molar-refractivity contribution in [1.82, 2.24) is 10.6 Å². The zero-order chi connectivity index (χ0) is 12.2. The minimum atomic E-state index is -0.286. The largest absolute Gasteiger partial charge is 0.308 e. The second-order valence-corrected chi connectivity index (χ2v) is 4.90. The molecule has 0 fully saturated rings. The maximum atomic E-state index is 13.7. The van der Waals surface area contributed by atoms with E-state index in [4.69, 9.17) is 11.6 Å². The molecule has 4 heteroatoms. The lowest BCUT2D eigenvalue weighted by Crippen LogP contribution is -2.37. The average Bonchev–Trinajstić information content (AvgIpc) is 2.22. The third-order valence-corrected chi connectivity index (χ3v) is 2.76. The van der Waals surface area contributed by atoms with Gasteiger partial charge in [0.2, 0.25) is 0 Å². The van der Waals surface area contributed by atoms with Gasteiger partial charge in [-0.15, -0.1) is 0 Å². The highest BCUT2D eigenvalue weighted by molar-refractivity contribution is 6.30. The van der Waals surface area contributed by atoms with Crippen LogP contribution in [0.4, 0.5) is 4.39 Å². The maximum Gasteiger partial charge on any atom is 0.127 e. The third-order valence-electron chi connectivity index (χ3n) is 2.53. The van der Waals surface area contributed by atoms with E-state index in [9.17, 15) is 4.39 Å². The molecule has 1 aromatic carbocycles. The number of benzene rings is 1. The molecule has 0 amide bonds. The molecule has 0 bridgehead atoms. The summed E-state index contributed by atoms with van der Waals surface area (Å²) in [6.45, 7) is 5.37. The van der Waals surface area contributed by atoms with Crippen molar-refractivity contribution in [2.24, 2.45) is 0 Å². The van der Waals surface area contributed by atoms with Gasteiger partial charge in [0, 0.05) is 23.7 Å². The summed E-state index contributed by atoms with van der Waals surface area (Å²) in [7, 11) is 1.86. The first-order chi connectivity index (χ1) is 7.47. The normalized spacial score (nSPS) is 11.8.